The Morgan fingerprint density at radius 2 is 1.17 bits per heavy atom. The molecule has 12 heavy (non-hydrogen) atoms. The summed E-state index contributed by atoms with van der Waals surface area (Å²) >= 11 is 0. The van der Waals surface area contributed by atoms with Gasteiger partial charge in [-0.3, -0.25) is 0 Å². The predicted molar refractivity (Wildman–Crippen MR) is 47.2 cm³/mol. The molecular formula is C7H17FO3P+. The molecule has 0 aliphatic carbocycles. The fraction of sp³-hybridized carbons (Fsp3) is 1.00. The summed E-state index contributed by atoms with van der Waals surface area (Å²) in [6.45, 7) is 7.31. The highest BCUT2D eigenvalue weighted by molar-refractivity contribution is 7.37. The number of hydrogen-bond acceptors (Lipinski definition) is 3. The van der Waals surface area contributed by atoms with Gasteiger partial charge in [0.1, 0.15) is 0 Å². The molecule has 1 unspecified atom stereocenters. The third-order valence-electron chi connectivity index (χ3n) is 1.50. The zero-order valence-electron chi connectivity index (χ0n) is 8.13. The van der Waals surface area contributed by atoms with Crippen LogP contribution >= 0.6 is 8.11 Å². The summed E-state index contributed by atoms with van der Waals surface area (Å²) < 4.78 is 19.4. The maximum Gasteiger partial charge on any atom is 0.554 e. The molecule has 0 saturated carbocycles. The first-order chi connectivity index (χ1) is 4.98. The third-order valence-corrected chi connectivity index (χ3v) is 1.50. The molecule has 5 heteroatoms. The van der Waals surface area contributed by atoms with E-state index in [2.05, 4.69) is 0 Å². The molecule has 3 nitrogen and oxygen atoms in total. The molecule has 0 aromatic rings. The van der Waals surface area contributed by atoms with Crippen LogP contribution in [0.25, 0.3) is 0 Å². The van der Waals surface area contributed by atoms with Gasteiger partial charge >= 0.3 is 8.11 Å². The van der Waals surface area contributed by atoms with Gasteiger partial charge in [0.25, 0.3) is 0 Å². The molecule has 0 saturated heterocycles. The molecule has 0 radical (unpaired) electrons. The minimum Gasteiger partial charge on any atom is -0.387 e. The second-order valence-electron chi connectivity index (χ2n) is 3.54. The molecule has 0 amide bonds. The summed E-state index contributed by atoms with van der Waals surface area (Å²) in [6.07, 6.45) is 0. The maximum atomic E-state index is 10.5. The molecule has 0 spiro atoms. The molecule has 2 N–H and O–H groups in total. The van der Waals surface area contributed by atoms with E-state index in [1.807, 2.05) is 0 Å². The molecule has 0 aromatic carbocycles. The van der Waals surface area contributed by atoms with Crippen molar-refractivity contribution in [2.45, 2.75) is 38.9 Å². The Hall–Kier alpha value is -0.0500. The molecular weight excluding hydrogens is 182 g/mol. The van der Waals surface area contributed by atoms with E-state index < -0.39 is 19.3 Å². The zero-order chi connectivity index (χ0) is 10.6. The molecule has 0 aliphatic heterocycles. The molecule has 0 aromatic heterocycles. The minimum atomic E-state index is -2.37. The highest BCUT2D eigenvalue weighted by atomic mass is 31.1. The van der Waals surface area contributed by atoms with Crippen molar-refractivity contribution in [1.82, 2.24) is 0 Å². The summed E-state index contributed by atoms with van der Waals surface area (Å²) in [5, 5.41) is 18.2. The highest BCUT2D eigenvalue weighted by Gasteiger charge is 2.31. The number of rotatable bonds is 1. The molecule has 74 valence electrons. The van der Waals surface area contributed by atoms with Gasteiger partial charge in [-0.1, -0.05) is 0 Å². The van der Waals surface area contributed by atoms with E-state index in [4.69, 9.17) is 14.8 Å². The Morgan fingerprint density at radius 1 is 1.08 bits per heavy atom. The molecule has 0 heterocycles. The standard InChI is InChI=1S/C6H14O2.CH3FOP/c1-5(2,7)6(3,4)8;1-4(2)3/h7-8H,1-4H3;1H3/q;+1. The lowest BCUT2D eigenvalue weighted by Crippen LogP contribution is -2.44. The Morgan fingerprint density at radius 3 is 1.17 bits per heavy atom. The molecule has 0 bridgehead atoms. The monoisotopic (exact) mass is 199 g/mol. The first kappa shape index (κ1) is 14.5. The van der Waals surface area contributed by atoms with Crippen LogP contribution in [0.15, 0.2) is 0 Å². The van der Waals surface area contributed by atoms with Gasteiger partial charge < -0.3 is 10.2 Å². The molecule has 0 aliphatic rings. The maximum absolute atomic E-state index is 10.5. The van der Waals surface area contributed by atoms with Crippen LogP contribution in [0.5, 0.6) is 0 Å². The number of halogens is 1. The first-order valence-electron chi connectivity index (χ1n) is 3.50. The van der Waals surface area contributed by atoms with E-state index in [0.29, 0.717) is 0 Å². The summed E-state index contributed by atoms with van der Waals surface area (Å²) in [5.74, 6) is 0. The lowest BCUT2D eigenvalue weighted by atomic mass is 9.90. The predicted octanol–water partition coefficient (Wildman–Crippen LogP) is 1.86. The van der Waals surface area contributed by atoms with Gasteiger partial charge in [-0.15, -0.1) is 0 Å². The van der Waals surface area contributed by atoms with Crippen LogP contribution in [0.3, 0.4) is 0 Å². The molecule has 1 atom stereocenters. The first-order valence-corrected chi connectivity index (χ1v) is 5.09. The van der Waals surface area contributed by atoms with Crippen LogP contribution < -0.4 is 0 Å². The third kappa shape index (κ3) is 9.95. The van der Waals surface area contributed by atoms with Gasteiger partial charge in [-0.2, -0.15) is 0 Å². The van der Waals surface area contributed by atoms with Crippen LogP contribution in [0, 0.1) is 0 Å². The Bertz CT molecular complexity index is 130. The van der Waals surface area contributed by atoms with E-state index >= 15 is 0 Å². The topological polar surface area (TPSA) is 57.5 Å². The second-order valence-corrected chi connectivity index (χ2v) is 4.38. The van der Waals surface area contributed by atoms with Gasteiger partial charge in [0.05, 0.1) is 15.4 Å². The number of hydrogen-bond donors (Lipinski definition) is 2. The van der Waals surface area contributed by atoms with Crippen molar-refractivity contribution in [2.75, 3.05) is 6.66 Å². The van der Waals surface area contributed by atoms with Gasteiger partial charge in [-0.25, -0.2) is 0 Å². The largest absolute Gasteiger partial charge is 0.554 e. The van der Waals surface area contributed by atoms with Crippen LogP contribution in [0.1, 0.15) is 27.7 Å². The van der Waals surface area contributed by atoms with Gasteiger partial charge in [-0.05, 0) is 32.3 Å². The average Bonchev–Trinajstić information content (AvgIpc) is 1.55. The van der Waals surface area contributed by atoms with Crippen molar-refractivity contribution in [3.63, 3.8) is 0 Å². The van der Waals surface area contributed by atoms with Crippen LogP contribution in [0.4, 0.5) is 4.20 Å². The summed E-state index contributed by atoms with van der Waals surface area (Å²) in [5.41, 5.74) is -2.01. The smallest absolute Gasteiger partial charge is 0.387 e. The van der Waals surface area contributed by atoms with Gasteiger partial charge in [0, 0.05) is 0 Å². The normalized spacial score (nSPS) is 13.2. The van der Waals surface area contributed by atoms with Crippen molar-refractivity contribution >= 4 is 8.11 Å². The average molecular weight is 199 g/mol. The lowest BCUT2D eigenvalue weighted by Gasteiger charge is -2.31. The quantitative estimate of drug-likeness (QED) is 0.633. The Labute approximate surface area is 73.5 Å². The fourth-order valence-electron chi connectivity index (χ4n) is 0. The second kappa shape index (κ2) is 4.85. The van der Waals surface area contributed by atoms with E-state index in [1.54, 1.807) is 27.7 Å². The number of aliphatic hydroxyl groups is 2. The van der Waals surface area contributed by atoms with Crippen molar-refractivity contribution in [3.05, 3.63) is 0 Å². The zero-order valence-corrected chi connectivity index (χ0v) is 9.02. The van der Waals surface area contributed by atoms with Crippen LogP contribution in [0.2, 0.25) is 0 Å². The van der Waals surface area contributed by atoms with Crippen LogP contribution in [-0.4, -0.2) is 28.1 Å². The van der Waals surface area contributed by atoms with Crippen molar-refractivity contribution in [2.24, 2.45) is 0 Å². The summed E-state index contributed by atoms with van der Waals surface area (Å²) in [4.78, 5) is 0. The SMILES string of the molecule is CC(C)(O)C(C)(C)O.C[P+](=O)F. The van der Waals surface area contributed by atoms with E-state index in [1.165, 1.54) is 0 Å². The molecule has 0 rings (SSSR count). The van der Waals surface area contributed by atoms with Crippen molar-refractivity contribution in [3.8, 4) is 0 Å². The van der Waals surface area contributed by atoms with Gasteiger partial charge in [0.2, 0.25) is 0 Å². The van der Waals surface area contributed by atoms with Gasteiger partial charge in [0.15, 0.2) is 6.66 Å². The van der Waals surface area contributed by atoms with Crippen LogP contribution in [-0.2, 0) is 4.57 Å². The fourth-order valence-corrected chi connectivity index (χ4v) is 0. The van der Waals surface area contributed by atoms with E-state index in [9.17, 15) is 4.20 Å². The van der Waals surface area contributed by atoms with Crippen molar-refractivity contribution in [1.29, 1.82) is 0 Å². The van der Waals surface area contributed by atoms with E-state index in [0.717, 1.165) is 6.66 Å². The van der Waals surface area contributed by atoms with Crippen molar-refractivity contribution < 1.29 is 19.0 Å². The lowest BCUT2D eigenvalue weighted by molar-refractivity contribution is -0.107. The summed E-state index contributed by atoms with van der Waals surface area (Å²) in [7, 11) is -2.37. The molecule has 0 fully saturated rings. The minimum absolute atomic E-state index is 1.01. The summed E-state index contributed by atoms with van der Waals surface area (Å²) in [6, 6.07) is 0. The highest BCUT2D eigenvalue weighted by Crippen LogP contribution is 2.19. The van der Waals surface area contributed by atoms with E-state index in [-0.39, 0.29) is 0 Å². The Kier molecular flexibility index (Phi) is 5.85. The Balaban J connectivity index is 0.